The number of nitrogens with two attached hydrogens (primary N) is 1. The average Bonchev–Trinajstić information content (AvgIpc) is 3.19. The Morgan fingerprint density at radius 2 is 1.86 bits per heavy atom. The third-order valence-corrected chi connectivity index (χ3v) is 8.61. The molecule has 8 heteroatoms. The Morgan fingerprint density at radius 1 is 1.05 bits per heavy atom. The van der Waals surface area contributed by atoms with Gasteiger partial charge < -0.3 is 10.1 Å². The minimum Gasteiger partial charge on any atom is -0.372 e. The summed E-state index contributed by atoms with van der Waals surface area (Å²) in [6.45, 7) is 2.03. The van der Waals surface area contributed by atoms with E-state index < -0.39 is 10.0 Å². The van der Waals surface area contributed by atoms with Crippen LogP contribution >= 0.6 is 0 Å². The summed E-state index contributed by atoms with van der Waals surface area (Å²) in [5, 5.41) is 8.20. The minimum absolute atomic E-state index is 0.0485. The normalized spacial score (nSPS) is 20.5. The van der Waals surface area contributed by atoms with Gasteiger partial charge in [0.05, 0.1) is 18.1 Å². The minimum atomic E-state index is -3.75. The van der Waals surface area contributed by atoms with E-state index in [9.17, 15) is 13.2 Å². The highest BCUT2D eigenvalue weighted by Crippen LogP contribution is 2.49. The summed E-state index contributed by atoms with van der Waals surface area (Å²) in [6.07, 6.45) is 5.40. The Bertz CT molecular complexity index is 1510. The van der Waals surface area contributed by atoms with Gasteiger partial charge in [0.1, 0.15) is 0 Å². The number of carbonyl (C=O) groups excluding carboxylic acids is 1. The van der Waals surface area contributed by atoms with Crippen molar-refractivity contribution in [1.82, 2.24) is 5.32 Å². The average molecular weight is 516 g/mol. The standard InChI is InChI=1S/C29H29N3O4S/c30-37(34,35)24-10-7-20(8-11-24)16-31-28(33)32-19-29-13-3-4-21(15-29)17-36-18-23-5-1-2-6-25(23)22-9-12-27(32)26(29)14-22/h1-2,5-12,14-15H,3-4,13,16-19H2,(H,31,33)(H2,30,34,35). The number of hydrogen-bond acceptors (Lipinski definition) is 4. The van der Waals surface area contributed by atoms with E-state index in [-0.39, 0.29) is 22.9 Å². The summed E-state index contributed by atoms with van der Waals surface area (Å²) in [5.74, 6) is 0. The van der Waals surface area contributed by atoms with Gasteiger partial charge in [0.25, 0.3) is 0 Å². The summed E-state index contributed by atoms with van der Waals surface area (Å²) >= 11 is 0. The highest BCUT2D eigenvalue weighted by atomic mass is 32.2. The molecule has 6 rings (SSSR count). The van der Waals surface area contributed by atoms with Gasteiger partial charge in [-0.3, -0.25) is 4.90 Å². The zero-order valence-electron chi connectivity index (χ0n) is 20.4. The molecule has 3 N–H and O–H groups in total. The predicted molar refractivity (Wildman–Crippen MR) is 143 cm³/mol. The van der Waals surface area contributed by atoms with Gasteiger partial charge in [-0.2, -0.15) is 0 Å². The molecule has 0 saturated carbocycles. The van der Waals surface area contributed by atoms with E-state index in [1.54, 1.807) is 12.1 Å². The van der Waals surface area contributed by atoms with Crippen LogP contribution in [-0.2, 0) is 33.3 Å². The number of carbonyl (C=O) groups is 1. The Labute approximate surface area is 217 Å². The number of primary sulfonamides is 1. The van der Waals surface area contributed by atoms with Crippen molar-refractivity contribution < 1.29 is 17.9 Å². The molecule has 1 unspecified atom stereocenters. The molecule has 2 amide bonds. The molecule has 7 nitrogen and oxygen atoms in total. The second-order valence-electron chi connectivity index (χ2n) is 10.1. The molecule has 0 fully saturated rings. The molecule has 3 aliphatic rings. The van der Waals surface area contributed by atoms with E-state index in [0.29, 0.717) is 19.8 Å². The molecule has 3 aromatic rings. The third-order valence-electron chi connectivity index (χ3n) is 7.68. The van der Waals surface area contributed by atoms with Crippen LogP contribution in [0.2, 0.25) is 0 Å². The Hall–Kier alpha value is -3.46. The molecule has 37 heavy (non-hydrogen) atoms. The van der Waals surface area contributed by atoms with E-state index in [0.717, 1.165) is 47.2 Å². The lowest BCUT2D eigenvalue weighted by Gasteiger charge is -2.32. The van der Waals surface area contributed by atoms with Crippen molar-refractivity contribution in [1.29, 1.82) is 0 Å². The van der Waals surface area contributed by atoms with Gasteiger partial charge in [0, 0.05) is 24.2 Å². The highest BCUT2D eigenvalue weighted by molar-refractivity contribution is 7.89. The van der Waals surface area contributed by atoms with Crippen LogP contribution in [0, 0.1) is 0 Å². The molecule has 0 saturated heterocycles. The summed E-state index contributed by atoms with van der Waals surface area (Å²) in [7, 11) is -3.75. The summed E-state index contributed by atoms with van der Waals surface area (Å²) in [6, 6.07) is 20.8. The first-order valence-corrected chi connectivity index (χ1v) is 14.1. The molecule has 190 valence electrons. The molecule has 3 aromatic carbocycles. The van der Waals surface area contributed by atoms with Crippen LogP contribution in [0.4, 0.5) is 10.5 Å². The van der Waals surface area contributed by atoms with Crippen LogP contribution in [0.15, 0.2) is 83.3 Å². The first-order chi connectivity index (χ1) is 17.8. The monoisotopic (exact) mass is 515 g/mol. The SMILES string of the molecule is NS(=O)(=O)c1ccc(CNC(=O)N2CC34C=C(CCC3)COCc3ccccc3-c3ccc2c4c3)cc1. The summed E-state index contributed by atoms with van der Waals surface area (Å²) in [4.78, 5) is 15.3. The van der Waals surface area contributed by atoms with Crippen molar-refractivity contribution in [2.75, 3.05) is 18.1 Å². The number of nitrogens with zero attached hydrogens (tertiary/aromatic N) is 1. The Kier molecular flexibility index (Phi) is 5.90. The number of sulfonamides is 1. The number of hydrogen-bond donors (Lipinski definition) is 2. The number of rotatable bonds is 3. The zero-order valence-corrected chi connectivity index (χ0v) is 21.3. The fourth-order valence-corrected chi connectivity index (χ4v) is 6.39. The lowest BCUT2D eigenvalue weighted by molar-refractivity contribution is 0.138. The molecule has 1 atom stereocenters. The maximum absolute atomic E-state index is 13.5. The van der Waals surface area contributed by atoms with Crippen molar-refractivity contribution in [2.24, 2.45) is 5.14 Å². The number of nitrogens with one attached hydrogen (secondary N) is 1. The van der Waals surface area contributed by atoms with Crippen LogP contribution < -0.4 is 15.4 Å². The predicted octanol–water partition coefficient (Wildman–Crippen LogP) is 4.61. The number of urea groups is 1. The first-order valence-electron chi connectivity index (χ1n) is 12.5. The number of benzene rings is 3. The maximum atomic E-state index is 13.5. The lowest BCUT2D eigenvalue weighted by Crippen LogP contribution is -2.42. The van der Waals surface area contributed by atoms with Crippen molar-refractivity contribution >= 4 is 21.7 Å². The molecule has 1 aliphatic carbocycles. The highest BCUT2D eigenvalue weighted by Gasteiger charge is 2.44. The van der Waals surface area contributed by atoms with E-state index in [2.05, 4.69) is 47.8 Å². The molecule has 2 heterocycles. The van der Waals surface area contributed by atoms with Gasteiger partial charge in [-0.15, -0.1) is 0 Å². The molecule has 2 aliphatic heterocycles. The van der Waals surface area contributed by atoms with E-state index in [1.807, 2.05) is 11.0 Å². The van der Waals surface area contributed by atoms with Crippen molar-refractivity contribution in [3.8, 4) is 11.1 Å². The van der Waals surface area contributed by atoms with Crippen LogP contribution in [-0.4, -0.2) is 27.6 Å². The van der Waals surface area contributed by atoms with Crippen LogP contribution in [0.5, 0.6) is 0 Å². The number of anilines is 1. The summed E-state index contributed by atoms with van der Waals surface area (Å²) < 4.78 is 29.2. The van der Waals surface area contributed by atoms with Gasteiger partial charge in [-0.25, -0.2) is 18.4 Å². The number of fused-ring (bicyclic) bond motifs is 3. The topological polar surface area (TPSA) is 102 Å². The molecule has 4 bridgehead atoms. The molecular formula is C29H29N3O4S. The fraction of sp³-hybridized carbons (Fsp3) is 0.276. The van der Waals surface area contributed by atoms with Crippen LogP contribution in [0.3, 0.4) is 0 Å². The molecular weight excluding hydrogens is 486 g/mol. The van der Waals surface area contributed by atoms with Crippen molar-refractivity contribution in [3.63, 3.8) is 0 Å². The van der Waals surface area contributed by atoms with Gasteiger partial charge >= 0.3 is 6.03 Å². The van der Waals surface area contributed by atoms with E-state index in [4.69, 9.17) is 9.88 Å². The number of amides is 2. The first kappa shape index (κ1) is 23.9. The molecule has 0 radical (unpaired) electrons. The molecule has 1 spiro atoms. The second-order valence-corrected chi connectivity index (χ2v) is 11.7. The largest absolute Gasteiger partial charge is 0.372 e. The van der Waals surface area contributed by atoms with Crippen LogP contribution in [0.25, 0.3) is 11.1 Å². The van der Waals surface area contributed by atoms with Crippen molar-refractivity contribution in [3.05, 3.63) is 95.1 Å². The van der Waals surface area contributed by atoms with Crippen LogP contribution in [0.1, 0.15) is 36.0 Å². The van der Waals surface area contributed by atoms with Gasteiger partial charge in [-0.05, 0) is 76.9 Å². The Morgan fingerprint density at radius 3 is 2.68 bits per heavy atom. The lowest BCUT2D eigenvalue weighted by atomic mass is 9.72. The quantitative estimate of drug-likeness (QED) is 0.498. The fourth-order valence-electron chi connectivity index (χ4n) is 5.88. The zero-order chi connectivity index (χ0) is 25.6. The van der Waals surface area contributed by atoms with E-state index >= 15 is 0 Å². The van der Waals surface area contributed by atoms with Crippen molar-refractivity contribution in [2.45, 2.75) is 42.7 Å². The Balaban J connectivity index is 1.33. The maximum Gasteiger partial charge on any atom is 0.322 e. The number of ether oxygens (including phenoxy) is 1. The second kappa shape index (κ2) is 9.13. The third kappa shape index (κ3) is 4.45. The van der Waals surface area contributed by atoms with Gasteiger partial charge in [0.15, 0.2) is 0 Å². The van der Waals surface area contributed by atoms with Gasteiger partial charge in [0.2, 0.25) is 10.0 Å². The van der Waals surface area contributed by atoms with E-state index in [1.165, 1.54) is 23.3 Å². The van der Waals surface area contributed by atoms with Gasteiger partial charge in [-0.1, -0.05) is 48.5 Å². The smallest absolute Gasteiger partial charge is 0.322 e. The summed E-state index contributed by atoms with van der Waals surface area (Å²) in [5.41, 5.74) is 7.42. The molecule has 0 aromatic heterocycles.